The zero-order valence-corrected chi connectivity index (χ0v) is 7.95. The van der Waals surface area contributed by atoms with E-state index in [2.05, 4.69) is 10.2 Å². The summed E-state index contributed by atoms with van der Waals surface area (Å²) in [5.74, 6) is 0.290. The van der Waals surface area contributed by atoms with Gasteiger partial charge in [0.05, 0.1) is 11.9 Å². The number of hydrogen-bond acceptors (Lipinski definition) is 3. The van der Waals surface area contributed by atoms with Gasteiger partial charge in [-0.3, -0.25) is 4.79 Å². The Hall–Kier alpha value is -1.19. The molecule has 4 nitrogen and oxygen atoms in total. The summed E-state index contributed by atoms with van der Waals surface area (Å²) >= 11 is 0. The van der Waals surface area contributed by atoms with E-state index >= 15 is 0 Å². The Bertz CT molecular complexity index is 338. The van der Waals surface area contributed by atoms with Crippen LogP contribution in [0.25, 0.3) is 0 Å². The largest absolute Gasteiger partial charge is 0.299 e. The molecule has 0 radical (unpaired) electrons. The highest BCUT2D eigenvalue weighted by molar-refractivity contribution is 5.85. The first kappa shape index (κ1) is 8.41. The molecule has 0 aliphatic heterocycles. The Morgan fingerprint density at radius 3 is 2.77 bits per heavy atom. The number of nitrogens with zero attached hydrogens (tertiary/aromatic N) is 3. The fourth-order valence-corrected chi connectivity index (χ4v) is 1.62. The standard InChI is InChI=1S/C9H13N3O/c1-7(13)9(3-4-9)5-8-6-10-12(2)11-8/h6H,3-5H2,1-2H3. The fraction of sp³-hybridized carbons (Fsp3) is 0.667. The highest BCUT2D eigenvalue weighted by Gasteiger charge is 2.47. The Morgan fingerprint density at radius 2 is 2.38 bits per heavy atom. The average Bonchev–Trinajstić information content (AvgIpc) is 2.72. The molecule has 1 aromatic rings. The molecule has 1 aliphatic rings. The van der Waals surface area contributed by atoms with Crippen LogP contribution in [-0.4, -0.2) is 20.8 Å². The van der Waals surface area contributed by atoms with Gasteiger partial charge in [-0.2, -0.15) is 15.0 Å². The zero-order valence-electron chi connectivity index (χ0n) is 7.95. The maximum Gasteiger partial charge on any atom is 0.136 e. The van der Waals surface area contributed by atoms with Crippen molar-refractivity contribution in [2.24, 2.45) is 12.5 Å². The first-order chi connectivity index (χ1) is 6.12. The first-order valence-corrected chi connectivity index (χ1v) is 4.49. The van der Waals surface area contributed by atoms with Crippen molar-refractivity contribution in [3.8, 4) is 0 Å². The number of ketones is 1. The molecule has 1 heterocycles. The Kier molecular flexibility index (Phi) is 1.71. The molecule has 13 heavy (non-hydrogen) atoms. The van der Waals surface area contributed by atoms with Gasteiger partial charge in [0.1, 0.15) is 5.78 Å². The highest BCUT2D eigenvalue weighted by Crippen LogP contribution is 2.48. The number of carbonyl (C=O) groups is 1. The maximum absolute atomic E-state index is 11.3. The monoisotopic (exact) mass is 179 g/mol. The lowest BCUT2D eigenvalue weighted by Gasteiger charge is -2.07. The lowest BCUT2D eigenvalue weighted by Crippen LogP contribution is -2.15. The van der Waals surface area contributed by atoms with Gasteiger partial charge in [-0.15, -0.1) is 0 Å². The average molecular weight is 179 g/mol. The van der Waals surface area contributed by atoms with E-state index < -0.39 is 0 Å². The molecular weight excluding hydrogens is 166 g/mol. The summed E-state index contributed by atoms with van der Waals surface area (Å²) in [4.78, 5) is 12.8. The molecule has 1 aliphatic carbocycles. The molecule has 0 saturated heterocycles. The van der Waals surface area contributed by atoms with Crippen LogP contribution < -0.4 is 0 Å². The first-order valence-electron chi connectivity index (χ1n) is 4.49. The number of hydrogen-bond donors (Lipinski definition) is 0. The van der Waals surface area contributed by atoms with Gasteiger partial charge < -0.3 is 0 Å². The molecule has 1 saturated carbocycles. The topological polar surface area (TPSA) is 47.8 Å². The van der Waals surface area contributed by atoms with Crippen molar-refractivity contribution >= 4 is 5.78 Å². The third kappa shape index (κ3) is 1.48. The summed E-state index contributed by atoms with van der Waals surface area (Å²) in [5.41, 5.74) is 0.839. The molecule has 0 N–H and O–H groups in total. The molecule has 0 spiro atoms. The number of carbonyl (C=O) groups excluding carboxylic acids is 1. The van der Waals surface area contributed by atoms with Gasteiger partial charge in [-0.1, -0.05) is 0 Å². The maximum atomic E-state index is 11.3. The molecule has 1 aromatic heterocycles. The number of aromatic nitrogens is 3. The van der Waals surface area contributed by atoms with Crippen molar-refractivity contribution in [1.82, 2.24) is 15.0 Å². The molecule has 0 amide bonds. The van der Waals surface area contributed by atoms with Gasteiger partial charge in [0.15, 0.2) is 0 Å². The molecule has 0 atom stereocenters. The Balaban J connectivity index is 2.10. The van der Waals surface area contributed by atoms with Crippen LogP contribution in [0, 0.1) is 5.41 Å². The van der Waals surface area contributed by atoms with Crippen LogP contribution in [-0.2, 0) is 18.3 Å². The lowest BCUT2D eigenvalue weighted by molar-refractivity contribution is -0.122. The molecule has 4 heteroatoms. The second kappa shape index (κ2) is 2.65. The quantitative estimate of drug-likeness (QED) is 0.687. The van der Waals surface area contributed by atoms with E-state index in [9.17, 15) is 4.79 Å². The zero-order chi connectivity index (χ0) is 9.47. The van der Waals surface area contributed by atoms with Crippen LogP contribution in [0.4, 0.5) is 0 Å². The number of rotatable bonds is 3. The van der Waals surface area contributed by atoms with E-state index in [4.69, 9.17) is 0 Å². The van der Waals surface area contributed by atoms with Crippen LogP contribution in [0.5, 0.6) is 0 Å². The van der Waals surface area contributed by atoms with Gasteiger partial charge in [0.25, 0.3) is 0 Å². The second-order valence-electron chi connectivity index (χ2n) is 3.84. The summed E-state index contributed by atoms with van der Waals surface area (Å²) in [6, 6.07) is 0. The molecular formula is C9H13N3O. The van der Waals surface area contributed by atoms with Gasteiger partial charge in [0, 0.05) is 18.9 Å². The van der Waals surface area contributed by atoms with E-state index in [0.717, 1.165) is 25.0 Å². The fourth-order valence-electron chi connectivity index (χ4n) is 1.62. The van der Waals surface area contributed by atoms with Gasteiger partial charge >= 0.3 is 0 Å². The molecule has 2 rings (SSSR count). The van der Waals surface area contributed by atoms with Gasteiger partial charge in [-0.05, 0) is 19.8 Å². The SMILES string of the molecule is CC(=O)C1(Cc2cnn(C)n2)CC1. The molecule has 1 fully saturated rings. The summed E-state index contributed by atoms with van der Waals surface area (Å²) in [6.45, 7) is 1.67. The minimum absolute atomic E-state index is 0.0873. The second-order valence-corrected chi connectivity index (χ2v) is 3.84. The summed E-state index contributed by atoms with van der Waals surface area (Å²) < 4.78 is 0. The van der Waals surface area contributed by atoms with Gasteiger partial charge in [0.2, 0.25) is 0 Å². The predicted octanol–water partition coefficient (Wildman–Crippen LogP) is 0.727. The van der Waals surface area contributed by atoms with Crippen molar-refractivity contribution < 1.29 is 4.79 Å². The van der Waals surface area contributed by atoms with Crippen molar-refractivity contribution in [3.63, 3.8) is 0 Å². The predicted molar refractivity (Wildman–Crippen MR) is 47.1 cm³/mol. The number of Topliss-reactive ketones (excluding diaryl/α,β-unsaturated/α-hetero) is 1. The van der Waals surface area contributed by atoms with Crippen LogP contribution in [0.2, 0.25) is 0 Å². The smallest absolute Gasteiger partial charge is 0.136 e. The summed E-state index contributed by atoms with van der Waals surface area (Å²) in [6.07, 6.45) is 4.52. The van der Waals surface area contributed by atoms with E-state index in [1.807, 2.05) is 0 Å². The van der Waals surface area contributed by atoms with Crippen molar-refractivity contribution in [1.29, 1.82) is 0 Å². The third-order valence-electron chi connectivity index (χ3n) is 2.77. The summed E-state index contributed by atoms with van der Waals surface area (Å²) in [5, 5.41) is 8.15. The van der Waals surface area contributed by atoms with Crippen molar-refractivity contribution in [3.05, 3.63) is 11.9 Å². The van der Waals surface area contributed by atoms with E-state index in [0.29, 0.717) is 0 Å². The highest BCUT2D eigenvalue weighted by atomic mass is 16.1. The van der Waals surface area contributed by atoms with Crippen molar-refractivity contribution in [2.75, 3.05) is 0 Å². The van der Waals surface area contributed by atoms with Crippen LogP contribution in [0.15, 0.2) is 6.20 Å². The number of aryl methyl sites for hydroxylation is 1. The minimum atomic E-state index is -0.0873. The molecule has 70 valence electrons. The van der Waals surface area contributed by atoms with E-state index in [1.54, 1.807) is 20.2 Å². The van der Waals surface area contributed by atoms with Gasteiger partial charge in [-0.25, -0.2) is 0 Å². The molecule has 0 bridgehead atoms. The van der Waals surface area contributed by atoms with E-state index in [-0.39, 0.29) is 11.2 Å². The van der Waals surface area contributed by atoms with Crippen LogP contribution >= 0.6 is 0 Å². The minimum Gasteiger partial charge on any atom is -0.299 e. The Morgan fingerprint density at radius 1 is 1.69 bits per heavy atom. The molecule has 0 aromatic carbocycles. The third-order valence-corrected chi connectivity index (χ3v) is 2.77. The normalized spacial score (nSPS) is 18.6. The molecule has 0 unspecified atom stereocenters. The lowest BCUT2D eigenvalue weighted by atomic mass is 9.96. The van der Waals surface area contributed by atoms with Crippen LogP contribution in [0.1, 0.15) is 25.5 Å². The van der Waals surface area contributed by atoms with Crippen molar-refractivity contribution in [2.45, 2.75) is 26.2 Å². The summed E-state index contributed by atoms with van der Waals surface area (Å²) in [7, 11) is 1.79. The van der Waals surface area contributed by atoms with Crippen LogP contribution in [0.3, 0.4) is 0 Å². The van der Waals surface area contributed by atoms with E-state index in [1.165, 1.54) is 4.80 Å². The Labute approximate surface area is 76.9 Å².